The van der Waals surface area contributed by atoms with E-state index in [9.17, 15) is 14.4 Å². The SMILES string of the molecule is CCc1cc(C)cc(C)c1C1C(=O)CC(CC(=O)CCc2cccc(Cl)c2)C1=O. The molecule has 3 nitrogen and oxygen atoms in total. The summed E-state index contributed by atoms with van der Waals surface area (Å²) < 4.78 is 0. The van der Waals surface area contributed by atoms with E-state index in [-0.39, 0.29) is 30.2 Å². The lowest BCUT2D eigenvalue weighted by Crippen LogP contribution is -2.20. The molecule has 2 unspecified atom stereocenters. The lowest BCUT2D eigenvalue weighted by atomic mass is 9.84. The fraction of sp³-hybridized carbons (Fsp3) is 0.400. The van der Waals surface area contributed by atoms with E-state index < -0.39 is 11.8 Å². The maximum absolute atomic E-state index is 13.1. The van der Waals surface area contributed by atoms with Gasteiger partial charge in [-0.05, 0) is 61.1 Å². The van der Waals surface area contributed by atoms with Crippen molar-refractivity contribution in [3.8, 4) is 0 Å². The number of Topliss-reactive ketones (excluding diaryl/α,β-unsaturated/α-hetero) is 3. The molecule has 3 rings (SSSR count). The zero-order valence-electron chi connectivity index (χ0n) is 17.3. The van der Waals surface area contributed by atoms with Crippen molar-refractivity contribution in [3.63, 3.8) is 0 Å². The van der Waals surface area contributed by atoms with Crippen LogP contribution in [0.15, 0.2) is 36.4 Å². The molecule has 4 heteroatoms. The van der Waals surface area contributed by atoms with Crippen molar-refractivity contribution in [1.82, 2.24) is 0 Å². The number of ketones is 3. The molecule has 1 saturated carbocycles. The highest BCUT2D eigenvalue weighted by molar-refractivity contribution is 6.30. The molecule has 152 valence electrons. The predicted octanol–water partition coefficient (Wildman–Crippen LogP) is 5.35. The number of hydrogen-bond acceptors (Lipinski definition) is 3. The zero-order valence-corrected chi connectivity index (χ0v) is 18.0. The number of rotatable bonds is 7. The van der Waals surface area contributed by atoms with Crippen LogP contribution in [0.4, 0.5) is 0 Å². The van der Waals surface area contributed by atoms with Crippen molar-refractivity contribution in [2.75, 3.05) is 0 Å². The number of halogens is 1. The molecule has 1 fully saturated rings. The highest BCUT2D eigenvalue weighted by Crippen LogP contribution is 2.38. The summed E-state index contributed by atoms with van der Waals surface area (Å²) >= 11 is 5.99. The van der Waals surface area contributed by atoms with E-state index in [1.54, 1.807) is 6.07 Å². The van der Waals surface area contributed by atoms with Gasteiger partial charge in [-0.3, -0.25) is 14.4 Å². The van der Waals surface area contributed by atoms with Gasteiger partial charge in [-0.2, -0.15) is 0 Å². The van der Waals surface area contributed by atoms with Gasteiger partial charge in [-0.25, -0.2) is 0 Å². The number of carbonyl (C=O) groups is 3. The Morgan fingerprint density at radius 3 is 2.59 bits per heavy atom. The summed E-state index contributed by atoms with van der Waals surface area (Å²) in [4.78, 5) is 38.3. The first-order chi connectivity index (χ1) is 13.8. The van der Waals surface area contributed by atoms with Crippen molar-refractivity contribution in [2.45, 2.75) is 58.8 Å². The molecule has 0 aromatic heterocycles. The molecule has 0 amide bonds. The minimum Gasteiger partial charge on any atom is -0.300 e. The lowest BCUT2D eigenvalue weighted by molar-refractivity contribution is -0.127. The lowest BCUT2D eigenvalue weighted by Gasteiger charge is -2.17. The molecule has 0 saturated heterocycles. The Morgan fingerprint density at radius 1 is 1.14 bits per heavy atom. The van der Waals surface area contributed by atoms with Crippen LogP contribution in [0.2, 0.25) is 5.02 Å². The van der Waals surface area contributed by atoms with Crippen molar-refractivity contribution >= 4 is 29.0 Å². The molecule has 0 heterocycles. The van der Waals surface area contributed by atoms with Crippen molar-refractivity contribution < 1.29 is 14.4 Å². The summed E-state index contributed by atoms with van der Waals surface area (Å²) in [6.07, 6.45) is 2.04. The quantitative estimate of drug-likeness (QED) is 0.578. The summed E-state index contributed by atoms with van der Waals surface area (Å²) in [7, 11) is 0. The molecule has 29 heavy (non-hydrogen) atoms. The third kappa shape index (κ3) is 4.84. The fourth-order valence-electron chi connectivity index (χ4n) is 4.46. The van der Waals surface area contributed by atoms with Crippen LogP contribution in [0.1, 0.15) is 59.9 Å². The summed E-state index contributed by atoms with van der Waals surface area (Å²) in [6.45, 7) is 6.03. The highest BCUT2D eigenvalue weighted by Gasteiger charge is 2.43. The Morgan fingerprint density at radius 2 is 1.90 bits per heavy atom. The number of hydrogen-bond donors (Lipinski definition) is 0. The van der Waals surface area contributed by atoms with Gasteiger partial charge in [0, 0.05) is 30.2 Å². The Bertz CT molecular complexity index is 961. The second-order valence-corrected chi connectivity index (χ2v) is 8.52. The molecule has 0 aliphatic heterocycles. The first-order valence-corrected chi connectivity index (χ1v) is 10.6. The Hall–Kier alpha value is -2.26. The molecule has 0 bridgehead atoms. The smallest absolute Gasteiger partial charge is 0.151 e. The normalized spacial score (nSPS) is 19.0. The summed E-state index contributed by atoms with van der Waals surface area (Å²) in [5, 5.41) is 0.648. The van der Waals surface area contributed by atoms with Crippen LogP contribution in [-0.4, -0.2) is 17.3 Å². The molecule has 0 spiro atoms. The Labute approximate surface area is 177 Å². The van der Waals surface area contributed by atoms with Gasteiger partial charge in [0.25, 0.3) is 0 Å². The molecule has 0 N–H and O–H groups in total. The predicted molar refractivity (Wildman–Crippen MR) is 116 cm³/mol. The van der Waals surface area contributed by atoms with Crippen LogP contribution in [0, 0.1) is 19.8 Å². The second-order valence-electron chi connectivity index (χ2n) is 8.08. The average Bonchev–Trinajstić information content (AvgIpc) is 2.93. The highest BCUT2D eigenvalue weighted by atomic mass is 35.5. The van der Waals surface area contributed by atoms with Crippen LogP contribution >= 0.6 is 11.6 Å². The number of benzene rings is 2. The van der Waals surface area contributed by atoms with Gasteiger partial charge in [0.15, 0.2) is 5.78 Å². The average molecular weight is 411 g/mol. The fourth-order valence-corrected chi connectivity index (χ4v) is 4.67. The molecule has 2 aromatic carbocycles. The van der Waals surface area contributed by atoms with Crippen LogP contribution < -0.4 is 0 Å². The van der Waals surface area contributed by atoms with Gasteiger partial charge in [0.2, 0.25) is 0 Å². The molecular formula is C25H27ClO3. The third-order valence-corrected chi connectivity index (χ3v) is 6.03. The van der Waals surface area contributed by atoms with E-state index >= 15 is 0 Å². The molecule has 2 atom stereocenters. The number of carbonyl (C=O) groups excluding carboxylic acids is 3. The zero-order chi connectivity index (χ0) is 21.1. The van der Waals surface area contributed by atoms with Gasteiger partial charge >= 0.3 is 0 Å². The molecule has 2 aromatic rings. The first-order valence-electron chi connectivity index (χ1n) is 10.2. The summed E-state index contributed by atoms with van der Waals surface area (Å²) in [5.41, 5.74) is 5.04. The van der Waals surface area contributed by atoms with Crippen molar-refractivity contribution in [2.24, 2.45) is 5.92 Å². The van der Waals surface area contributed by atoms with Crippen LogP contribution in [-0.2, 0) is 27.2 Å². The molecule has 1 aliphatic rings. The van der Waals surface area contributed by atoms with Crippen LogP contribution in [0.25, 0.3) is 0 Å². The Balaban J connectivity index is 1.70. The van der Waals surface area contributed by atoms with Gasteiger partial charge in [-0.15, -0.1) is 0 Å². The summed E-state index contributed by atoms with van der Waals surface area (Å²) in [6, 6.07) is 11.5. The van der Waals surface area contributed by atoms with E-state index in [4.69, 9.17) is 11.6 Å². The van der Waals surface area contributed by atoms with Crippen molar-refractivity contribution in [1.29, 1.82) is 0 Å². The molecular weight excluding hydrogens is 384 g/mol. The standard InChI is InChI=1S/C25H27ClO3/c1-4-18-11-15(2)10-16(3)23(18)24-22(28)14-19(25(24)29)13-21(27)9-8-17-6-5-7-20(26)12-17/h5-7,10-12,19,24H,4,8-9,13-14H2,1-3H3. The summed E-state index contributed by atoms with van der Waals surface area (Å²) in [5.74, 6) is -1.33. The van der Waals surface area contributed by atoms with E-state index in [0.29, 0.717) is 17.9 Å². The largest absolute Gasteiger partial charge is 0.300 e. The third-order valence-electron chi connectivity index (χ3n) is 5.80. The molecule has 1 aliphatic carbocycles. The van der Waals surface area contributed by atoms with Gasteiger partial charge < -0.3 is 0 Å². The van der Waals surface area contributed by atoms with Gasteiger partial charge in [-0.1, -0.05) is 48.4 Å². The Kier molecular flexibility index (Phi) is 6.69. The van der Waals surface area contributed by atoms with Gasteiger partial charge in [0.1, 0.15) is 17.5 Å². The van der Waals surface area contributed by atoms with E-state index in [1.165, 1.54) is 0 Å². The first kappa shape index (κ1) is 21.4. The minimum atomic E-state index is -0.712. The van der Waals surface area contributed by atoms with Crippen LogP contribution in [0.3, 0.4) is 0 Å². The van der Waals surface area contributed by atoms with Crippen LogP contribution in [0.5, 0.6) is 0 Å². The topological polar surface area (TPSA) is 51.2 Å². The van der Waals surface area contributed by atoms with Crippen molar-refractivity contribution in [3.05, 3.63) is 69.2 Å². The van der Waals surface area contributed by atoms with E-state index in [0.717, 1.165) is 34.2 Å². The number of aryl methyl sites for hydroxylation is 4. The van der Waals surface area contributed by atoms with E-state index in [1.807, 2.05) is 45.0 Å². The molecule has 0 radical (unpaired) electrons. The second kappa shape index (κ2) is 9.04. The monoisotopic (exact) mass is 410 g/mol. The van der Waals surface area contributed by atoms with Gasteiger partial charge in [0.05, 0.1) is 0 Å². The maximum Gasteiger partial charge on any atom is 0.151 e. The minimum absolute atomic E-state index is 0.0214. The maximum atomic E-state index is 13.1. The van der Waals surface area contributed by atoms with E-state index in [2.05, 4.69) is 6.07 Å².